The number of nitrogens with one attached hydrogen (secondary N) is 1. The summed E-state index contributed by atoms with van der Waals surface area (Å²) in [6.07, 6.45) is 4.82. The van der Waals surface area contributed by atoms with Gasteiger partial charge in [-0.25, -0.2) is 9.59 Å². The van der Waals surface area contributed by atoms with Crippen LogP contribution in [0.25, 0.3) is 5.69 Å². The van der Waals surface area contributed by atoms with Gasteiger partial charge < -0.3 is 21.3 Å². The van der Waals surface area contributed by atoms with Gasteiger partial charge in [0.15, 0.2) is 0 Å². The van der Waals surface area contributed by atoms with Crippen LogP contribution in [0.3, 0.4) is 0 Å². The van der Waals surface area contributed by atoms with E-state index < -0.39 is 11.2 Å². The summed E-state index contributed by atoms with van der Waals surface area (Å²) < 4.78 is 1.45. The van der Waals surface area contributed by atoms with Crippen LogP contribution in [-0.4, -0.2) is 86.0 Å². The van der Waals surface area contributed by atoms with E-state index in [-0.39, 0.29) is 28.8 Å². The Hall–Kier alpha value is -3.28. The monoisotopic (exact) mass is 508 g/mol. The lowest BCUT2D eigenvalue weighted by Gasteiger charge is -2.72. The molecule has 11 nitrogen and oxygen atoms in total. The van der Waals surface area contributed by atoms with E-state index in [0.717, 1.165) is 25.8 Å². The standard InChI is InChI=1S/C26H36N8O3/c1-24(2,27)21(35)32-10-12-33(13-11-32)22(36)29-20-8-9-34(23(37)30-20)19-6-4-18(5-7-19)14-31(3)26-15-25(28,16-26)17-26/h4-9H,10-17,27-28H2,1-3H3,(H,29,30,36,37). The molecule has 6 rings (SSSR count). The fraction of sp³-hybridized carbons (Fsp3) is 0.538. The highest BCUT2D eigenvalue weighted by Gasteiger charge is 2.67. The molecular weight excluding hydrogens is 472 g/mol. The van der Waals surface area contributed by atoms with Crippen LogP contribution in [0.15, 0.2) is 41.3 Å². The summed E-state index contributed by atoms with van der Waals surface area (Å²) in [5.74, 6) is 0.0410. The lowest BCUT2D eigenvalue weighted by Crippen LogP contribution is -2.81. The van der Waals surface area contributed by atoms with Gasteiger partial charge in [-0.15, -0.1) is 0 Å². The zero-order valence-electron chi connectivity index (χ0n) is 21.7. The molecule has 4 aliphatic rings. The first-order valence-corrected chi connectivity index (χ1v) is 12.7. The lowest BCUT2D eigenvalue weighted by molar-refractivity contribution is -0.155. The van der Waals surface area contributed by atoms with Gasteiger partial charge in [-0.2, -0.15) is 4.98 Å². The molecule has 0 unspecified atom stereocenters. The molecule has 0 radical (unpaired) electrons. The highest BCUT2D eigenvalue weighted by molar-refractivity contribution is 5.89. The fourth-order valence-electron chi connectivity index (χ4n) is 5.80. The number of benzene rings is 1. The van der Waals surface area contributed by atoms with Gasteiger partial charge in [0, 0.05) is 50.0 Å². The Labute approximate surface area is 216 Å². The highest BCUT2D eigenvalue weighted by atomic mass is 16.2. The molecule has 1 aromatic heterocycles. The summed E-state index contributed by atoms with van der Waals surface area (Å²) >= 11 is 0. The third-order valence-corrected chi connectivity index (χ3v) is 7.93. The maximum Gasteiger partial charge on any atom is 0.354 e. The quantitative estimate of drug-likeness (QED) is 0.522. The van der Waals surface area contributed by atoms with E-state index in [1.165, 1.54) is 10.1 Å². The second-order valence-corrected chi connectivity index (χ2v) is 11.5. The van der Waals surface area contributed by atoms with Gasteiger partial charge >= 0.3 is 11.7 Å². The van der Waals surface area contributed by atoms with Gasteiger partial charge in [0.05, 0.1) is 11.2 Å². The Balaban J connectivity index is 1.16. The minimum atomic E-state index is -0.945. The van der Waals surface area contributed by atoms with Crippen LogP contribution in [0.5, 0.6) is 0 Å². The van der Waals surface area contributed by atoms with Crippen LogP contribution in [0.2, 0.25) is 0 Å². The van der Waals surface area contributed by atoms with Crippen molar-refractivity contribution in [1.82, 2.24) is 24.3 Å². The van der Waals surface area contributed by atoms with Crippen LogP contribution in [0, 0.1) is 0 Å². The van der Waals surface area contributed by atoms with Crippen molar-refractivity contribution in [3.8, 4) is 5.69 Å². The summed E-state index contributed by atoms with van der Waals surface area (Å²) in [6.45, 7) is 5.74. The molecule has 1 aromatic carbocycles. The number of nitrogens with two attached hydrogens (primary N) is 2. The number of piperazine rings is 1. The molecule has 2 heterocycles. The largest absolute Gasteiger partial charge is 0.354 e. The summed E-state index contributed by atoms with van der Waals surface area (Å²) in [7, 11) is 2.15. The van der Waals surface area contributed by atoms with Crippen LogP contribution in [0.1, 0.15) is 38.7 Å². The molecule has 0 spiro atoms. The second-order valence-electron chi connectivity index (χ2n) is 11.5. The van der Waals surface area contributed by atoms with Crippen LogP contribution < -0.4 is 22.5 Å². The molecule has 3 aliphatic carbocycles. The summed E-state index contributed by atoms with van der Waals surface area (Å²) in [5.41, 5.74) is 12.9. The van der Waals surface area contributed by atoms with Gasteiger partial charge in [0.25, 0.3) is 0 Å². The predicted molar refractivity (Wildman–Crippen MR) is 140 cm³/mol. The molecule has 198 valence electrons. The number of aromatic nitrogens is 2. The van der Waals surface area contributed by atoms with Crippen molar-refractivity contribution in [1.29, 1.82) is 0 Å². The number of anilines is 1. The molecule has 2 bridgehead atoms. The van der Waals surface area contributed by atoms with E-state index in [4.69, 9.17) is 11.5 Å². The Morgan fingerprint density at radius 2 is 1.65 bits per heavy atom. The van der Waals surface area contributed by atoms with Crippen molar-refractivity contribution in [3.05, 3.63) is 52.6 Å². The maximum atomic E-state index is 12.7. The summed E-state index contributed by atoms with van der Waals surface area (Å²) in [5, 5.41) is 2.69. The Kier molecular flexibility index (Phi) is 6.12. The third-order valence-electron chi connectivity index (χ3n) is 7.93. The van der Waals surface area contributed by atoms with E-state index in [1.807, 2.05) is 24.3 Å². The zero-order chi connectivity index (χ0) is 26.6. The minimum Gasteiger partial charge on any atom is -0.338 e. The van der Waals surface area contributed by atoms with Gasteiger partial charge in [-0.1, -0.05) is 12.1 Å². The predicted octanol–water partition coefficient (Wildman–Crippen LogP) is 0.712. The molecule has 3 amide bonds. The average Bonchev–Trinajstić information content (AvgIpc) is 2.81. The van der Waals surface area contributed by atoms with E-state index in [0.29, 0.717) is 31.9 Å². The third kappa shape index (κ3) is 4.86. The molecule has 3 saturated carbocycles. The first kappa shape index (κ1) is 25.4. The van der Waals surface area contributed by atoms with E-state index in [1.54, 1.807) is 35.9 Å². The molecule has 0 atom stereocenters. The van der Waals surface area contributed by atoms with Gasteiger partial charge in [-0.05, 0) is 63.9 Å². The number of carbonyl (C=O) groups excluding carboxylic acids is 2. The minimum absolute atomic E-state index is 0.0786. The van der Waals surface area contributed by atoms with Crippen LogP contribution in [-0.2, 0) is 11.3 Å². The maximum absolute atomic E-state index is 12.7. The van der Waals surface area contributed by atoms with Crippen molar-refractivity contribution in [2.45, 2.75) is 56.3 Å². The van der Waals surface area contributed by atoms with Crippen LogP contribution >= 0.6 is 0 Å². The number of nitrogens with zero attached hydrogens (tertiary/aromatic N) is 5. The Morgan fingerprint density at radius 1 is 1.05 bits per heavy atom. The number of urea groups is 1. The lowest BCUT2D eigenvalue weighted by atomic mass is 9.44. The van der Waals surface area contributed by atoms with Gasteiger partial charge in [0.1, 0.15) is 5.82 Å². The first-order chi connectivity index (χ1) is 17.4. The smallest absolute Gasteiger partial charge is 0.338 e. The number of carbonyl (C=O) groups is 2. The van der Waals surface area contributed by atoms with Crippen LogP contribution in [0.4, 0.5) is 10.6 Å². The van der Waals surface area contributed by atoms with Crippen molar-refractivity contribution in [2.24, 2.45) is 11.5 Å². The molecule has 1 aliphatic heterocycles. The summed E-state index contributed by atoms with van der Waals surface area (Å²) in [4.78, 5) is 47.4. The molecule has 4 fully saturated rings. The molecule has 1 saturated heterocycles. The number of amides is 3. The summed E-state index contributed by atoms with van der Waals surface area (Å²) in [6, 6.07) is 9.09. The first-order valence-electron chi connectivity index (χ1n) is 12.7. The van der Waals surface area contributed by atoms with Crippen molar-refractivity contribution < 1.29 is 9.59 Å². The number of hydrogen-bond donors (Lipinski definition) is 3. The number of rotatable bonds is 6. The normalized spacial score (nSPS) is 24.9. The van der Waals surface area contributed by atoms with E-state index in [9.17, 15) is 14.4 Å². The molecule has 11 heteroatoms. The van der Waals surface area contributed by atoms with E-state index >= 15 is 0 Å². The molecule has 2 aromatic rings. The second kappa shape index (κ2) is 8.93. The van der Waals surface area contributed by atoms with Crippen molar-refractivity contribution >= 4 is 17.8 Å². The highest BCUT2D eigenvalue weighted by Crippen LogP contribution is 2.61. The number of hydrogen-bond acceptors (Lipinski definition) is 7. The molecule has 5 N–H and O–H groups in total. The SMILES string of the molecule is CN(Cc1ccc(-n2ccc(NC(=O)N3CCN(C(=O)C(C)(C)N)CC3)nc2=O)cc1)C12CC(N)(C1)C2. The van der Waals surface area contributed by atoms with Crippen molar-refractivity contribution in [2.75, 3.05) is 38.5 Å². The zero-order valence-corrected chi connectivity index (χ0v) is 21.7. The Bertz CT molecular complexity index is 1240. The van der Waals surface area contributed by atoms with Gasteiger partial charge in [0.2, 0.25) is 5.91 Å². The molecule has 37 heavy (non-hydrogen) atoms. The molecular formula is C26H36N8O3. The van der Waals surface area contributed by atoms with Crippen molar-refractivity contribution in [3.63, 3.8) is 0 Å². The van der Waals surface area contributed by atoms with E-state index in [2.05, 4.69) is 22.2 Å². The topological polar surface area (TPSA) is 143 Å². The Morgan fingerprint density at radius 3 is 2.19 bits per heavy atom. The fourth-order valence-corrected chi connectivity index (χ4v) is 5.80. The average molecular weight is 509 g/mol. The van der Waals surface area contributed by atoms with Gasteiger partial charge in [-0.3, -0.25) is 19.6 Å².